The van der Waals surface area contributed by atoms with Crippen molar-refractivity contribution < 1.29 is 17.6 Å². The summed E-state index contributed by atoms with van der Waals surface area (Å²) in [5, 5.41) is 8.66. The van der Waals surface area contributed by atoms with E-state index < -0.39 is 21.7 Å². The lowest BCUT2D eigenvalue weighted by Crippen LogP contribution is -2.11. The lowest BCUT2D eigenvalue weighted by molar-refractivity contribution is 0.102. The van der Waals surface area contributed by atoms with E-state index >= 15 is 0 Å². The summed E-state index contributed by atoms with van der Waals surface area (Å²) < 4.78 is 36.5. The van der Waals surface area contributed by atoms with Crippen molar-refractivity contribution in [2.75, 3.05) is 5.32 Å². The van der Waals surface area contributed by atoms with E-state index in [-0.39, 0.29) is 9.90 Å². The largest absolute Gasteiger partial charge is 0.320 e. The number of carbonyl (C=O) groups is 1. The smallest absolute Gasteiger partial charge is 0.284 e. The van der Waals surface area contributed by atoms with Gasteiger partial charge in [-0.15, -0.1) is 11.3 Å². The first-order valence-corrected chi connectivity index (χ1v) is 11.9. The molecule has 0 aliphatic rings. The van der Waals surface area contributed by atoms with E-state index in [2.05, 4.69) is 10.3 Å². The molecule has 0 aliphatic heterocycles. The van der Waals surface area contributed by atoms with Gasteiger partial charge in [0.05, 0.1) is 15.5 Å². The van der Waals surface area contributed by atoms with Crippen molar-refractivity contribution >= 4 is 44.6 Å². The van der Waals surface area contributed by atoms with Gasteiger partial charge in [0.1, 0.15) is 5.82 Å². The fourth-order valence-corrected chi connectivity index (χ4v) is 4.56. The van der Waals surface area contributed by atoms with Crippen molar-refractivity contribution in [3.05, 3.63) is 88.6 Å². The third kappa shape index (κ3) is 4.86. The second kappa shape index (κ2) is 8.79. The zero-order chi connectivity index (χ0) is 22.9. The quantitative estimate of drug-likeness (QED) is 0.405. The van der Waals surface area contributed by atoms with Gasteiger partial charge >= 0.3 is 0 Å². The van der Waals surface area contributed by atoms with Crippen LogP contribution in [0.4, 0.5) is 10.1 Å². The fourth-order valence-electron chi connectivity index (χ4n) is 2.93. The van der Waals surface area contributed by atoms with E-state index in [1.807, 2.05) is 0 Å². The van der Waals surface area contributed by atoms with Crippen LogP contribution in [0.5, 0.6) is 0 Å². The Bertz CT molecular complexity index is 1390. The first-order valence-electron chi connectivity index (χ1n) is 9.17. The molecule has 4 aromatic rings. The standard InChI is InChI=1S/C22H15ClFN3O3S2/c23-15-5-9-17(10-6-15)26-21(28)22-27-19(13-1-7-16(24)8-2-13)20(31-22)14-3-11-18(12-4-14)32(25,29)30/h1-12H,(H,26,28)(H2,25,29,30). The van der Waals surface area contributed by atoms with Gasteiger partial charge in [0.15, 0.2) is 5.01 Å². The second-order valence-corrected chi connectivity index (χ2v) is 9.73. The normalized spacial score (nSPS) is 11.3. The average molecular weight is 488 g/mol. The van der Waals surface area contributed by atoms with Crippen LogP contribution < -0.4 is 10.5 Å². The van der Waals surface area contributed by atoms with Gasteiger partial charge in [0.25, 0.3) is 5.91 Å². The molecule has 0 saturated carbocycles. The van der Waals surface area contributed by atoms with E-state index in [1.54, 1.807) is 48.5 Å². The minimum atomic E-state index is -3.84. The Hall–Kier alpha value is -3.11. The average Bonchev–Trinajstić information content (AvgIpc) is 3.21. The number of thiazole rings is 1. The SMILES string of the molecule is NS(=O)(=O)c1ccc(-c2sc(C(=O)Nc3ccc(Cl)cc3)nc2-c2ccc(F)cc2)cc1. The summed E-state index contributed by atoms with van der Waals surface area (Å²) >= 11 is 7.01. The minimum absolute atomic E-state index is 0.0326. The molecule has 0 fully saturated rings. The molecule has 0 radical (unpaired) electrons. The number of nitrogens with zero attached hydrogens (tertiary/aromatic N) is 1. The van der Waals surface area contributed by atoms with Gasteiger partial charge in [0, 0.05) is 16.3 Å². The van der Waals surface area contributed by atoms with E-state index in [1.165, 1.54) is 24.3 Å². The van der Waals surface area contributed by atoms with Crippen LogP contribution in [0.1, 0.15) is 9.80 Å². The Morgan fingerprint density at radius 3 is 2.12 bits per heavy atom. The minimum Gasteiger partial charge on any atom is -0.320 e. The molecule has 3 N–H and O–H groups in total. The number of anilines is 1. The number of carbonyl (C=O) groups excluding carboxylic acids is 1. The predicted octanol–water partition coefficient (Wildman–Crippen LogP) is 5.17. The van der Waals surface area contributed by atoms with Crippen LogP contribution in [0.2, 0.25) is 5.02 Å². The van der Waals surface area contributed by atoms with Crippen LogP contribution in [-0.4, -0.2) is 19.3 Å². The highest BCUT2D eigenvalue weighted by molar-refractivity contribution is 7.89. The van der Waals surface area contributed by atoms with Gasteiger partial charge in [-0.2, -0.15) is 0 Å². The van der Waals surface area contributed by atoms with Gasteiger partial charge in [-0.05, 0) is 66.2 Å². The maximum atomic E-state index is 13.4. The monoisotopic (exact) mass is 487 g/mol. The molecule has 162 valence electrons. The Balaban J connectivity index is 1.75. The zero-order valence-corrected chi connectivity index (χ0v) is 18.6. The molecule has 0 unspecified atom stereocenters. The van der Waals surface area contributed by atoms with Gasteiger partial charge in [-0.25, -0.2) is 22.9 Å². The maximum Gasteiger partial charge on any atom is 0.284 e. The molecule has 1 amide bonds. The van der Waals surface area contributed by atoms with Gasteiger partial charge < -0.3 is 5.32 Å². The molecule has 0 spiro atoms. The number of aromatic nitrogens is 1. The Kier molecular flexibility index (Phi) is 6.07. The van der Waals surface area contributed by atoms with E-state index in [4.69, 9.17) is 16.7 Å². The third-order valence-electron chi connectivity index (χ3n) is 4.49. The lowest BCUT2D eigenvalue weighted by atomic mass is 10.1. The van der Waals surface area contributed by atoms with Gasteiger partial charge in [0.2, 0.25) is 10.0 Å². The second-order valence-electron chi connectivity index (χ2n) is 6.73. The highest BCUT2D eigenvalue weighted by atomic mass is 35.5. The maximum absolute atomic E-state index is 13.4. The molecule has 6 nitrogen and oxygen atoms in total. The van der Waals surface area contributed by atoms with Crippen LogP contribution >= 0.6 is 22.9 Å². The number of benzene rings is 3. The summed E-state index contributed by atoms with van der Waals surface area (Å²) in [6.45, 7) is 0. The molecule has 0 aliphatic carbocycles. The molecule has 4 rings (SSSR count). The number of hydrogen-bond donors (Lipinski definition) is 2. The first-order chi connectivity index (χ1) is 15.2. The van der Waals surface area contributed by atoms with Crippen molar-refractivity contribution in [1.82, 2.24) is 4.98 Å². The van der Waals surface area contributed by atoms with Crippen molar-refractivity contribution in [2.45, 2.75) is 4.90 Å². The lowest BCUT2D eigenvalue weighted by Gasteiger charge is -2.04. The van der Waals surface area contributed by atoms with Crippen molar-refractivity contribution in [2.24, 2.45) is 5.14 Å². The molecule has 10 heteroatoms. The molecule has 0 saturated heterocycles. The third-order valence-corrected chi connectivity index (χ3v) is 6.77. The predicted molar refractivity (Wildman–Crippen MR) is 124 cm³/mol. The number of primary sulfonamides is 1. The van der Waals surface area contributed by atoms with Crippen molar-refractivity contribution in [1.29, 1.82) is 0 Å². The number of sulfonamides is 1. The Morgan fingerprint density at radius 1 is 0.938 bits per heavy atom. The molecule has 32 heavy (non-hydrogen) atoms. The zero-order valence-electron chi connectivity index (χ0n) is 16.2. The van der Waals surface area contributed by atoms with E-state index in [9.17, 15) is 17.6 Å². The van der Waals surface area contributed by atoms with Gasteiger partial charge in [-0.3, -0.25) is 4.79 Å². The topological polar surface area (TPSA) is 102 Å². The molecule has 0 atom stereocenters. The number of amides is 1. The van der Waals surface area contributed by atoms with E-state index in [0.717, 1.165) is 11.3 Å². The van der Waals surface area contributed by atoms with Crippen LogP contribution in [0.3, 0.4) is 0 Å². The number of nitrogens with two attached hydrogens (primary N) is 1. The van der Waals surface area contributed by atoms with E-state index in [0.29, 0.717) is 32.4 Å². The summed E-state index contributed by atoms with van der Waals surface area (Å²) in [5.74, 6) is -0.822. The number of rotatable bonds is 5. The summed E-state index contributed by atoms with van der Waals surface area (Å²) in [7, 11) is -3.84. The van der Waals surface area contributed by atoms with Crippen LogP contribution in [0.25, 0.3) is 21.7 Å². The van der Waals surface area contributed by atoms with Crippen LogP contribution in [0.15, 0.2) is 77.7 Å². The Morgan fingerprint density at radius 2 is 1.53 bits per heavy atom. The fraction of sp³-hybridized carbons (Fsp3) is 0. The highest BCUT2D eigenvalue weighted by Crippen LogP contribution is 2.37. The van der Waals surface area contributed by atoms with Crippen molar-refractivity contribution in [3.8, 4) is 21.7 Å². The molecular weight excluding hydrogens is 473 g/mol. The highest BCUT2D eigenvalue weighted by Gasteiger charge is 2.20. The van der Waals surface area contributed by atoms with Crippen molar-refractivity contribution in [3.63, 3.8) is 0 Å². The number of halogens is 2. The first kappa shape index (κ1) is 22.1. The molecule has 1 aromatic heterocycles. The van der Waals surface area contributed by atoms with Crippen LogP contribution in [0, 0.1) is 5.82 Å². The number of hydrogen-bond acceptors (Lipinski definition) is 5. The van der Waals surface area contributed by atoms with Gasteiger partial charge in [-0.1, -0.05) is 23.7 Å². The Labute approximate surface area is 192 Å². The molecular formula is C22H15ClFN3O3S2. The molecule has 3 aromatic carbocycles. The molecule has 1 heterocycles. The summed E-state index contributed by atoms with van der Waals surface area (Å²) in [6, 6.07) is 18.3. The number of nitrogens with one attached hydrogen (secondary N) is 1. The summed E-state index contributed by atoms with van der Waals surface area (Å²) in [4.78, 5) is 17.9. The molecule has 0 bridgehead atoms. The summed E-state index contributed by atoms with van der Waals surface area (Å²) in [5.41, 5.74) is 2.27. The summed E-state index contributed by atoms with van der Waals surface area (Å²) in [6.07, 6.45) is 0. The van der Waals surface area contributed by atoms with Crippen LogP contribution in [-0.2, 0) is 10.0 Å².